The average Bonchev–Trinajstić information content (AvgIpc) is 2.70. The van der Waals surface area contributed by atoms with Gasteiger partial charge in [0.15, 0.2) is 0 Å². The van der Waals surface area contributed by atoms with Gasteiger partial charge in [0.05, 0.1) is 6.10 Å². The topological polar surface area (TPSA) is 45.1 Å². The van der Waals surface area contributed by atoms with Crippen LogP contribution in [-0.2, 0) is 6.54 Å². The summed E-state index contributed by atoms with van der Waals surface area (Å²) in [5.74, 6) is 0. The van der Waals surface area contributed by atoms with Crippen molar-refractivity contribution in [2.45, 2.75) is 44.4 Å². The minimum atomic E-state index is -0.0621. The molecule has 2 N–H and O–H groups in total. The standard InChI is InChI=1S/C10H16N2OS/c13-9-3-1-8(2-4-9)12-7-10-11-5-6-14-10/h5-6,8-9,12-13H,1-4,7H2. The molecule has 0 bridgehead atoms. The van der Waals surface area contributed by atoms with Gasteiger partial charge < -0.3 is 10.4 Å². The molecule has 0 radical (unpaired) electrons. The lowest BCUT2D eigenvalue weighted by Gasteiger charge is -2.25. The van der Waals surface area contributed by atoms with Crippen molar-refractivity contribution >= 4 is 11.3 Å². The number of nitrogens with one attached hydrogen (secondary N) is 1. The smallest absolute Gasteiger partial charge is 0.106 e. The van der Waals surface area contributed by atoms with E-state index < -0.39 is 0 Å². The van der Waals surface area contributed by atoms with Crippen LogP contribution >= 0.6 is 11.3 Å². The van der Waals surface area contributed by atoms with E-state index in [4.69, 9.17) is 0 Å². The molecule has 78 valence electrons. The van der Waals surface area contributed by atoms with E-state index in [2.05, 4.69) is 10.3 Å². The lowest BCUT2D eigenvalue weighted by atomic mass is 9.93. The van der Waals surface area contributed by atoms with Crippen LogP contribution in [0.15, 0.2) is 11.6 Å². The molecule has 1 aromatic heterocycles. The minimum Gasteiger partial charge on any atom is -0.393 e. The van der Waals surface area contributed by atoms with Gasteiger partial charge in [0.2, 0.25) is 0 Å². The summed E-state index contributed by atoms with van der Waals surface area (Å²) in [5.41, 5.74) is 0. The van der Waals surface area contributed by atoms with Crippen molar-refractivity contribution in [1.82, 2.24) is 10.3 Å². The van der Waals surface area contributed by atoms with E-state index in [-0.39, 0.29) is 6.10 Å². The number of aliphatic hydroxyl groups excluding tert-OH is 1. The van der Waals surface area contributed by atoms with Gasteiger partial charge in [0, 0.05) is 24.2 Å². The second-order valence-corrected chi connectivity index (χ2v) is 4.79. The predicted octanol–water partition coefficient (Wildman–Crippen LogP) is 1.54. The SMILES string of the molecule is OC1CCC(NCc2nccs2)CC1. The molecule has 4 heteroatoms. The molecule has 1 aromatic rings. The van der Waals surface area contributed by atoms with E-state index in [1.54, 1.807) is 11.3 Å². The molecule has 1 fully saturated rings. The van der Waals surface area contributed by atoms with E-state index in [0.29, 0.717) is 6.04 Å². The molecule has 3 nitrogen and oxygen atoms in total. The van der Waals surface area contributed by atoms with Crippen molar-refractivity contribution in [3.63, 3.8) is 0 Å². The van der Waals surface area contributed by atoms with Crippen LogP contribution in [0.3, 0.4) is 0 Å². The molecule has 14 heavy (non-hydrogen) atoms. The normalized spacial score (nSPS) is 27.8. The van der Waals surface area contributed by atoms with Gasteiger partial charge >= 0.3 is 0 Å². The second kappa shape index (κ2) is 4.87. The molecule has 0 unspecified atom stereocenters. The Morgan fingerprint density at radius 2 is 2.21 bits per heavy atom. The Morgan fingerprint density at radius 3 is 2.86 bits per heavy atom. The Kier molecular flexibility index (Phi) is 3.50. The predicted molar refractivity (Wildman–Crippen MR) is 57.2 cm³/mol. The molecule has 0 amide bonds. The van der Waals surface area contributed by atoms with Crippen molar-refractivity contribution in [3.8, 4) is 0 Å². The summed E-state index contributed by atoms with van der Waals surface area (Å²) in [6.45, 7) is 0.873. The van der Waals surface area contributed by atoms with E-state index in [1.165, 1.54) is 0 Å². The zero-order valence-corrected chi connectivity index (χ0v) is 8.96. The largest absolute Gasteiger partial charge is 0.393 e. The highest BCUT2D eigenvalue weighted by Crippen LogP contribution is 2.18. The van der Waals surface area contributed by atoms with Gasteiger partial charge in [-0.3, -0.25) is 0 Å². The average molecular weight is 212 g/mol. The van der Waals surface area contributed by atoms with Crippen molar-refractivity contribution in [3.05, 3.63) is 16.6 Å². The quantitative estimate of drug-likeness (QED) is 0.799. The van der Waals surface area contributed by atoms with Gasteiger partial charge in [-0.25, -0.2) is 4.98 Å². The number of hydrogen-bond donors (Lipinski definition) is 2. The third-order valence-corrected chi connectivity index (χ3v) is 3.50. The monoisotopic (exact) mass is 212 g/mol. The van der Waals surface area contributed by atoms with E-state index >= 15 is 0 Å². The van der Waals surface area contributed by atoms with E-state index in [1.807, 2.05) is 11.6 Å². The fraction of sp³-hybridized carbons (Fsp3) is 0.700. The second-order valence-electron chi connectivity index (χ2n) is 3.81. The summed E-state index contributed by atoms with van der Waals surface area (Å²) in [6.07, 6.45) is 5.84. The Hall–Kier alpha value is -0.450. The summed E-state index contributed by atoms with van der Waals surface area (Å²) in [5, 5.41) is 16.0. The molecule has 1 saturated carbocycles. The summed E-state index contributed by atoms with van der Waals surface area (Å²) < 4.78 is 0. The number of hydrogen-bond acceptors (Lipinski definition) is 4. The first kappa shape index (κ1) is 10.1. The van der Waals surface area contributed by atoms with Crippen LogP contribution in [0.1, 0.15) is 30.7 Å². The molecule has 0 aliphatic heterocycles. The molecular weight excluding hydrogens is 196 g/mol. The maximum Gasteiger partial charge on any atom is 0.106 e. The third-order valence-electron chi connectivity index (χ3n) is 2.72. The first-order chi connectivity index (χ1) is 6.84. The maximum absolute atomic E-state index is 9.34. The van der Waals surface area contributed by atoms with Crippen LogP contribution in [0.5, 0.6) is 0 Å². The lowest BCUT2D eigenvalue weighted by molar-refractivity contribution is 0.116. The van der Waals surface area contributed by atoms with E-state index in [0.717, 1.165) is 37.2 Å². The van der Waals surface area contributed by atoms with E-state index in [9.17, 15) is 5.11 Å². The van der Waals surface area contributed by atoms with Crippen molar-refractivity contribution in [2.24, 2.45) is 0 Å². The van der Waals surface area contributed by atoms with Crippen LogP contribution in [-0.4, -0.2) is 22.2 Å². The van der Waals surface area contributed by atoms with Crippen LogP contribution in [0, 0.1) is 0 Å². The van der Waals surface area contributed by atoms with Crippen LogP contribution in [0.25, 0.3) is 0 Å². The Bertz CT molecular complexity index is 255. The zero-order valence-electron chi connectivity index (χ0n) is 8.15. The van der Waals surface area contributed by atoms with Gasteiger partial charge in [-0.2, -0.15) is 0 Å². The van der Waals surface area contributed by atoms with Crippen molar-refractivity contribution < 1.29 is 5.11 Å². The summed E-state index contributed by atoms with van der Waals surface area (Å²) in [6, 6.07) is 0.572. The third kappa shape index (κ3) is 2.77. The first-order valence-electron chi connectivity index (χ1n) is 5.14. The van der Waals surface area contributed by atoms with Crippen LogP contribution < -0.4 is 5.32 Å². The minimum absolute atomic E-state index is 0.0621. The molecule has 2 rings (SSSR count). The molecule has 1 aliphatic carbocycles. The Labute approximate surface area is 88.2 Å². The number of rotatable bonds is 3. The number of thiazole rings is 1. The van der Waals surface area contributed by atoms with Gasteiger partial charge in [-0.1, -0.05) is 0 Å². The zero-order chi connectivity index (χ0) is 9.80. The maximum atomic E-state index is 9.34. The Balaban J connectivity index is 1.71. The van der Waals surface area contributed by atoms with Crippen LogP contribution in [0.2, 0.25) is 0 Å². The van der Waals surface area contributed by atoms with Crippen molar-refractivity contribution in [1.29, 1.82) is 0 Å². The van der Waals surface area contributed by atoms with Gasteiger partial charge in [0.1, 0.15) is 5.01 Å². The molecule has 0 spiro atoms. The molecule has 1 heterocycles. The fourth-order valence-electron chi connectivity index (χ4n) is 1.85. The lowest BCUT2D eigenvalue weighted by Crippen LogP contribution is -2.34. The van der Waals surface area contributed by atoms with Gasteiger partial charge in [-0.05, 0) is 25.7 Å². The van der Waals surface area contributed by atoms with Gasteiger partial charge in [0.25, 0.3) is 0 Å². The number of nitrogens with zero attached hydrogens (tertiary/aromatic N) is 1. The highest BCUT2D eigenvalue weighted by Gasteiger charge is 2.18. The summed E-state index contributed by atoms with van der Waals surface area (Å²) >= 11 is 1.69. The van der Waals surface area contributed by atoms with Crippen LogP contribution in [0.4, 0.5) is 0 Å². The molecule has 0 aromatic carbocycles. The summed E-state index contributed by atoms with van der Waals surface area (Å²) in [7, 11) is 0. The molecule has 0 saturated heterocycles. The molecule has 1 aliphatic rings. The highest BCUT2D eigenvalue weighted by molar-refractivity contribution is 7.09. The Morgan fingerprint density at radius 1 is 1.43 bits per heavy atom. The molecular formula is C10H16N2OS. The number of aromatic nitrogens is 1. The fourth-order valence-corrected chi connectivity index (χ4v) is 2.42. The van der Waals surface area contributed by atoms with Crippen molar-refractivity contribution in [2.75, 3.05) is 0 Å². The number of aliphatic hydroxyl groups is 1. The molecule has 0 atom stereocenters. The first-order valence-corrected chi connectivity index (χ1v) is 6.02. The highest BCUT2D eigenvalue weighted by atomic mass is 32.1. The van der Waals surface area contributed by atoms with Gasteiger partial charge in [-0.15, -0.1) is 11.3 Å². The summed E-state index contributed by atoms with van der Waals surface area (Å²) in [4.78, 5) is 4.22.